The molecule has 0 fully saturated rings. The Morgan fingerprint density at radius 3 is 2.60 bits per heavy atom. The van der Waals surface area contributed by atoms with Gasteiger partial charge in [-0.2, -0.15) is 0 Å². The van der Waals surface area contributed by atoms with Gasteiger partial charge >= 0.3 is 0 Å². The van der Waals surface area contributed by atoms with Crippen LogP contribution in [0.25, 0.3) is 0 Å². The summed E-state index contributed by atoms with van der Waals surface area (Å²) in [5, 5.41) is 8.86. The summed E-state index contributed by atoms with van der Waals surface area (Å²) in [5.74, 6) is 7.40. The van der Waals surface area contributed by atoms with Gasteiger partial charge in [-0.3, -0.25) is 0 Å². The first kappa shape index (κ1) is 11.7. The first-order valence-electron chi connectivity index (χ1n) is 4.74. The van der Waals surface area contributed by atoms with E-state index in [1.165, 1.54) is 0 Å². The number of aromatic nitrogens is 2. The van der Waals surface area contributed by atoms with E-state index in [1.807, 2.05) is 18.9 Å². The molecule has 0 spiro atoms. The molecule has 1 heterocycles. The number of aliphatic hydroxyl groups excluding tert-OH is 1. The zero-order chi connectivity index (χ0) is 11.4. The smallest absolute Gasteiger partial charge is 0.148 e. The van der Waals surface area contributed by atoms with Gasteiger partial charge in [-0.15, -0.1) is 0 Å². The Morgan fingerprint density at radius 2 is 2.07 bits per heavy atom. The van der Waals surface area contributed by atoms with Crippen LogP contribution in [0.4, 0.5) is 11.6 Å². The summed E-state index contributed by atoms with van der Waals surface area (Å²) in [7, 11) is 1.87. The maximum atomic E-state index is 8.86. The van der Waals surface area contributed by atoms with Gasteiger partial charge in [0.2, 0.25) is 0 Å². The molecule has 15 heavy (non-hydrogen) atoms. The van der Waals surface area contributed by atoms with Crippen LogP contribution in [0.5, 0.6) is 0 Å². The molecule has 0 saturated heterocycles. The summed E-state index contributed by atoms with van der Waals surface area (Å²) in [6.07, 6.45) is 0. The maximum absolute atomic E-state index is 8.86. The molecule has 0 unspecified atom stereocenters. The molecule has 0 bridgehead atoms. The fraction of sp³-hybridized carbons (Fsp3) is 0.556. The van der Waals surface area contributed by atoms with Gasteiger partial charge in [-0.05, 0) is 13.8 Å². The maximum Gasteiger partial charge on any atom is 0.148 e. The van der Waals surface area contributed by atoms with E-state index >= 15 is 0 Å². The first-order chi connectivity index (χ1) is 7.10. The Hall–Kier alpha value is -1.40. The lowest BCUT2D eigenvalue weighted by atomic mass is 10.3. The summed E-state index contributed by atoms with van der Waals surface area (Å²) in [6, 6.07) is 0. The monoisotopic (exact) mass is 211 g/mol. The van der Waals surface area contributed by atoms with Crippen molar-refractivity contribution in [3.8, 4) is 0 Å². The summed E-state index contributed by atoms with van der Waals surface area (Å²) >= 11 is 0. The number of aryl methyl sites for hydroxylation is 1. The topological polar surface area (TPSA) is 87.3 Å². The molecule has 1 rings (SSSR count). The van der Waals surface area contributed by atoms with E-state index in [0.717, 1.165) is 11.4 Å². The number of hydrazine groups is 1. The molecule has 1 aromatic heterocycles. The predicted molar refractivity (Wildman–Crippen MR) is 59.7 cm³/mol. The Labute approximate surface area is 89.1 Å². The zero-order valence-electron chi connectivity index (χ0n) is 9.28. The highest BCUT2D eigenvalue weighted by Crippen LogP contribution is 2.21. The van der Waals surface area contributed by atoms with E-state index in [1.54, 1.807) is 6.92 Å². The molecule has 0 radical (unpaired) electrons. The Kier molecular flexibility index (Phi) is 3.81. The lowest BCUT2D eigenvalue weighted by Gasteiger charge is -2.20. The fourth-order valence-corrected chi connectivity index (χ4v) is 1.38. The molecule has 6 nitrogen and oxygen atoms in total. The third-order valence-electron chi connectivity index (χ3n) is 2.17. The van der Waals surface area contributed by atoms with E-state index in [2.05, 4.69) is 15.4 Å². The standard InChI is InChI=1S/C9H17N5O/c1-6-8(13-10)11-7(2)12-9(6)14(3)4-5-15/h15H,4-5,10H2,1-3H3,(H,11,12,13). The second kappa shape index (κ2) is 4.90. The lowest BCUT2D eigenvalue weighted by molar-refractivity contribution is 0.303. The number of rotatable bonds is 4. The number of hydrogen-bond acceptors (Lipinski definition) is 6. The molecule has 0 atom stereocenters. The highest BCUT2D eigenvalue weighted by atomic mass is 16.3. The normalized spacial score (nSPS) is 10.2. The molecule has 0 aliphatic carbocycles. The molecule has 84 valence electrons. The van der Waals surface area contributed by atoms with Gasteiger partial charge in [0.05, 0.1) is 6.61 Å². The van der Waals surface area contributed by atoms with Crippen molar-refractivity contribution in [3.63, 3.8) is 0 Å². The quantitative estimate of drug-likeness (QED) is 0.472. The predicted octanol–water partition coefficient (Wildman–Crippen LogP) is -0.192. The van der Waals surface area contributed by atoms with Crippen molar-refractivity contribution >= 4 is 11.6 Å². The number of likely N-dealkylation sites (N-methyl/N-ethyl adjacent to an activating group) is 1. The van der Waals surface area contributed by atoms with Crippen LogP contribution in [0, 0.1) is 13.8 Å². The third kappa shape index (κ3) is 2.54. The molecule has 0 aliphatic heterocycles. The number of hydrogen-bond donors (Lipinski definition) is 3. The van der Waals surface area contributed by atoms with Gasteiger partial charge in [0, 0.05) is 19.2 Å². The van der Waals surface area contributed by atoms with Crippen LogP contribution >= 0.6 is 0 Å². The second-order valence-corrected chi connectivity index (χ2v) is 3.36. The number of nitrogen functional groups attached to an aromatic ring is 1. The minimum atomic E-state index is 0.0877. The molecule has 0 amide bonds. The van der Waals surface area contributed by atoms with Gasteiger partial charge in [-0.1, -0.05) is 0 Å². The molecule has 6 heteroatoms. The number of anilines is 2. The fourth-order valence-electron chi connectivity index (χ4n) is 1.38. The molecule has 0 saturated carbocycles. The molecule has 4 N–H and O–H groups in total. The summed E-state index contributed by atoms with van der Waals surface area (Å²) < 4.78 is 0. The van der Waals surface area contributed by atoms with E-state index in [-0.39, 0.29) is 6.61 Å². The minimum absolute atomic E-state index is 0.0877. The highest BCUT2D eigenvalue weighted by Gasteiger charge is 2.11. The van der Waals surface area contributed by atoms with Crippen LogP contribution in [-0.4, -0.2) is 35.3 Å². The lowest BCUT2D eigenvalue weighted by Crippen LogP contribution is -2.24. The van der Waals surface area contributed by atoms with Crippen LogP contribution in [0.15, 0.2) is 0 Å². The highest BCUT2D eigenvalue weighted by molar-refractivity contribution is 5.57. The van der Waals surface area contributed by atoms with Crippen molar-refractivity contribution in [1.29, 1.82) is 0 Å². The van der Waals surface area contributed by atoms with Crippen LogP contribution in [0.3, 0.4) is 0 Å². The largest absolute Gasteiger partial charge is 0.395 e. The Balaban J connectivity index is 3.11. The molecular formula is C9H17N5O. The molecule has 1 aromatic rings. The van der Waals surface area contributed by atoms with Crippen molar-refractivity contribution in [3.05, 3.63) is 11.4 Å². The number of nitrogens with two attached hydrogens (primary N) is 1. The van der Waals surface area contributed by atoms with Crippen molar-refractivity contribution < 1.29 is 5.11 Å². The molecule has 0 aliphatic rings. The van der Waals surface area contributed by atoms with Gasteiger partial charge in [0.1, 0.15) is 17.5 Å². The van der Waals surface area contributed by atoms with Crippen molar-refractivity contribution in [2.24, 2.45) is 5.84 Å². The zero-order valence-corrected chi connectivity index (χ0v) is 9.28. The van der Waals surface area contributed by atoms with Crippen molar-refractivity contribution in [2.75, 3.05) is 30.5 Å². The van der Waals surface area contributed by atoms with Gasteiger partial charge in [0.15, 0.2) is 0 Å². The van der Waals surface area contributed by atoms with Crippen LogP contribution in [0.2, 0.25) is 0 Å². The van der Waals surface area contributed by atoms with E-state index in [9.17, 15) is 0 Å². The van der Waals surface area contributed by atoms with E-state index in [0.29, 0.717) is 18.2 Å². The minimum Gasteiger partial charge on any atom is -0.395 e. The molecular weight excluding hydrogens is 194 g/mol. The number of aliphatic hydroxyl groups is 1. The van der Waals surface area contributed by atoms with Gasteiger partial charge in [0.25, 0.3) is 0 Å². The Bertz CT molecular complexity index is 342. The number of nitrogens with zero attached hydrogens (tertiary/aromatic N) is 3. The van der Waals surface area contributed by atoms with Crippen LogP contribution in [-0.2, 0) is 0 Å². The van der Waals surface area contributed by atoms with Gasteiger partial charge in [-0.25, -0.2) is 15.8 Å². The summed E-state index contributed by atoms with van der Waals surface area (Å²) in [5.41, 5.74) is 3.41. The van der Waals surface area contributed by atoms with Crippen molar-refractivity contribution in [2.45, 2.75) is 13.8 Å². The van der Waals surface area contributed by atoms with Crippen LogP contribution < -0.4 is 16.2 Å². The van der Waals surface area contributed by atoms with Crippen molar-refractivity contribution in [1.82, 2.24) is 9.97 Å². The summed E-state index contributed by atoms with van der Waals surface area (Å²) in [6.45, 7) is 4.31. The Morgan fingerprint density at radius 1 is 1.40 bits per heavy atom. The molecule has 0 aromatic carbocycles. The van der Waals surface area contributed by atoms with Gasteiger partial charge < -0.3 is 15.4 Å². The third-order valence-corrected chi connectivity index (χ3v) is 2.17. The first-order valence-corrected chi connectivity index (χ1v) is 4.74. The van der Waals surface area contributed by atoms with Crippen LogP contribution in [0.1, 0.15) is 11.4 Å². The average molecular weight is 211 g/mol. The SMILES string of the molecule is Cc1nc(NN)c(C)c(N(C)CCO)n1. The second-order valence-electron chi connectivity index (χ2n) is 3.36. The number of nitrogens with one attached hydrogen (secondary N) is 1. The van der Waals surface area contributed by atoms with E-state index < -0.39 is 0 Å². The summed E-state index contributed by atoms with van der Waals surface area (Å²) in [4.78, 5) is 10.3. The average Bonchev–Trinajstić information content (AvgIpc) is 2.21. The van der Waals surface area contributed by atoms with E-state index in [4.69, 9.17) is 10.9 Å².